The molecule has 0 saturated carbocycles. The first-order valence-corrected chi connectivity index (χ1v) is 5.86. The zero-order valence-corrected chi connectivity index (χ0v) is 11.5. The summed E-state index contributed by atoms with van der Waals surface area (Å²) in [4.78, 5) is 22.8. The molecule has 0 aliphatic heterocycles. The van der Waals surface area contributed by atoms with E-state index >= 15 is 0 Å². The minimum atomic E-state index is -2.18. The van der Waals surface area contributed by atoms with E-state index in [4.69, 9.17) is 14.9 Å². The standard InChI is InChI=1S/C11H21NO8/c1-11(2,3)20-10(19)12-9(18)8(17)7(16)6(15)5(14)4-13/h5-7,9,13-16,18H,4H2,1-3H3,(H,12,19)/t5-,6+,7-,9?/m1/s1. The summed E-state index contributed by atoms with van der Waals surface area (Å²) >= 11 is 0. The molecule has 0 rings (SSSR count). The van der Waals surface area contributed by atoms with Crippen molar-refractivity contribution in [1.29, 1.82) is 0 Å². The number of carbonyl (C=O) groups excluding carboxylic acids is 2. The van der Waals surface area contributed by atoms with Crippen LogP contribution >= 0.6 is 0 Å². The molecule has 1 unspecified atom stereocenters. The Morgan fingerprint density at radius 2 is 1.65 bits per heavy atom. The molecule has 0 saturated heterocycles. The van der Waals surface area contributed by atoms with Gasteiger partial charge in [0.25, 0.3) is 0 Å². The number of alkyl carbamates (subject to hydrolysis) is 1. The first-order chi connectivity index (χ1) is 8.99. The lowest BCUT2D eigenvalue weighted by molar-refractivity contribution is -0.149. The molecule has 0 aliphatic rings. The molecule has 0 bridgehead atoms. The number of aliphatic hydroxyl groups excluding tert-OH is 5. The summed E-state index contributed by atoms with van der Waals surface area (Å²) in [6.45, 7) is 3.81. The van der Waals surface area contributed by atoms with Crippen LogP contribution in [-0.4, -0.2) is 74.2 Å². The van der Waals surface area contributed by atoms with Gasteiger partial charge in [0.15, 0.2) is 6.23 Å². The fourth-order valence-corrected chi connectivity index (χ4v) is 1.14. The molecule has 0 aromatic rings. The molecule has 0 aromatic heterocycles. The molecule has 0 aromatic carbocycles. The third-order valence-electron chi connectivity index (χ3n) is 2.12. The number of Topliss-reactive ketones (excluding diaryl/α,β-unsaturated/α-hetero) is 1. The van der Waals surface area contributed by atoms with Crippen LogP contribution in [0.1, 0.15) is 20.8 Å². The summed E-state index contributed by atoms with van der Waals surface area (Å²) < 4.78 is 4.77. The second-order valence-electron chi connectivity index (χ2n) is 5.14. The molecule has 0 radical (unpaired) electrons. The maximum absolute atomic E-state index is 11.5. The van der Waals surface area contributed by atoms with Gasteiger partial charge in [0, 0.05) is 0 Å². The summed E-state index contributed by atoms with van der Waals surface area (Å²) in [6.07, 6.45) is -9.16. The molecule has 118 valence electrons. The fourth-order valence-electron chi connectivity index (χ4n) is 1.14. The van der Waals surface area contributed by atoms with Crippen LogP contribution in [0.3, 0.4) is 0 Å². The molecular formula is C11H21NO8. The van der Waals surface area contributed by atoms with Crippen LogP contribution in [-0.2, 0) is 9.53 Å². The van der Waals surface area contributed by atoms with Gasteiger partial charge in [-0.15, -0.1) is 0 Å². The zero-order chi connectivity index (χ0) is 16.1. The van der Waals surface area contributed by atoms with E-state index in [0.717, 1.165) is 0 Å². The molecule has 0 fully saturated rings. The summed E-state index contributed by atoms with van der Waals surface area (Å²) in [5.41, 5.74) is -0.849. The second kappa shape index (κ2) is 7.50. The Morgan fingerprint density at radius 1 is 1.15 bits per heavy atom. The van der Waals surface area contributed by atoms with Crippen molar-refractivity contribution >= 4 is 11.9 Å². The monoisotopic (exact) mass is 295 g/mol. The predicted molar refractivity (Wildman–Crippen MR) is 65.5 cm³/mol. The minimum absolute atomic E-state index is 0.849. The molecule has 0 aliphatic carbocycles. The number of ether oxygens (including phenoxy) is 1. The number of hydrogen-bond acceptors (Lipinski definition) is 8. The first kappa shape index (κ1) is 18.7. The van der Waals surface area contributed by atoms with Crippen LogP contribution in [0.5, 0.6) is 0 Å². The van der Waals surface area contributed by atoms with Crippen LogP contribution in [0, 0.1) is 0 Å². The summed E-state index contributed by atoms with van der Waals surface area (Å²) in [5, 5.41) is 47.4. The number of aliphatic hydroxyl groups is 5. The molecular weight excluding hydrogens is 274 g/mol. The van der Waals surface area contributed by atoms with Gasteiger partial charge in [-0.1, -0.05) is 0 Å². The SMILES string of the molecule is CC(C)(C)OC(=O)NC(O)C(=O)[C@H](O)[C@@H](O)[C@H](O)CO. The second-order valence-corrected chi connectivity index (χ2v) is 5.14. The Bertz CT molecular complexity index is 340. The van der Waals surface area contributed by atoms with Gasteiger partial charge in [-0.25, -0.2) is 4.79 Å². The van der Waals surface area contributed by atoms with E-state index in [1.54, 1.807) is 26.1 Å². The molecule has 9 heteroatoms. The lowest BCUT2D eigenvalue weighted by Gasteiger charge is -2.24. The van der Waals surface area contributed by atoms with E-state index in [0.29, 0.717) is 0 Å². The summed E-state index contributed by atoms with van der Waals surface area (Å²) in [5.74, 6) is -1.35. The maximum Gasteiger partial charge on any atom is 0.410 e. The number of carbonyl (C=O) groups is 2. The van der Waals surface area contributed by atoms with Crippen molar-refractivity contribution < 1.29 is 39.9 Å². The van der Waals surface area contributed by atoms with E-state index in [1.807, 2.05) is 0 Å². The molecule has 0 heterocycles. The quantitative estimate of drug-likeness (QED) is 0.293. The number of rotatable bonds is 6. The van der Waals surface area contributed by atoms with Gasteiger partial charge in [0.1, 0.15) is 23.9 Å². The van der Waals surface area contributed by atoms with Gasteiger partial charge in [-0.3, -0.25) is 10.1 Å². The number of hydrogen-bond donors (Lipinski definition) is 6. The van der Waals surface area contributed by atoms with Crippen molar-refractivity contribution in [2.75, 3.05) is 6.61 Å². The van der Waals surface area contributed by atoms with Crippen molar-refractivity contribution in [3.05, 3.63) is 0 Å². The van der Waals surface area contributed by atoms with E-state index in [-0.39, 0.29) is 0 Å². The molecule has 9 nitrogen and oxygen atoms in total. The number of ketones is 1. The van der Waals surface area contributed by atoms with Crippen LogP contribution in [0.4, 0.5) is 4.79 Å². The van der Waals surface area contributed by atoms with E-state index in [2.05, 4.69) is 0 Å². The predicted octanol–water partition coefficient (Wildman–Crippen LogP) is -2.53. The van der Waals surface area contributed by atoms with Crippen LogP contribution in [0.2, 0.25) is 0 Å². The molecule has 0 spiro atoms. The lowest BCUT2D eigenvalue weighted by Crippen LogP contribution is -2.52. The van der Waals surface area contributed by atoms with Gasteiger partial charge < -0.3 is 30.3 Å². The number of amides is 1. The van der Waals surface area contributed by atoms with Crippen LogP contribution in [0.25, 0.3) is 0 Å². The van der Waals surface area contributed by atoms with Crippen molar-refractivity contribution in [3.63, 3.8) is 0 Å². The summed E-state index contributed by atoms with van der Waals surface area (Å²) in [7, 11) is 0. The third-order valence-corrected chi connectivity index (χ3v) is 2.12. The highest BCUT2D eigenvalue weighted by atomic mass is 16.6. The smallest absolute Gasteiger partial charge is 0.410 e. The first-order valence-electron chi connectivity index (χ1n) is 5.86. The molecule has 1 amide bonds. The number of nitrogens with one attached hydrogen (secondary N) is 1. The van der Waals surface area contributed by atoms with Crippen molar-refractivity contribution in [2.24, 2.45) is 0 Å². The van der Waals surface area contributed by atoms with Gasteiger partial charge in [0.2, 0.25) is 5.78 Å². The maximum atomic E-state index is 11.5. The van der Waals surface area contributed by atoms with Gasteiger partial charge in [0.05, 0.1) is 6.61 Å². The highest BCUT2D eigenvalue weighted by Gasteiger charge is 2.34. The average Bonchev–Trinajstić information content (AvgIpc) is 2.32. The molecule has 6 N–H and O–H groups in total. The highest BCUT2D eigenvalue weighted by molar-refractivity contribution is 5.89. The molecule has 20 heavy (non-hydrogen) atoms. The lowest BCUT2D eigenvalue weighted by atomic mass is 10.0. The van der Waals surface area contributed by atoms with E-state index < -0.39 is 48.6 Å². The van der Waals surface area contributed by atoms with Gasteiger partial charge in [-0.05, 0) is 20.8 Å². The van der Waals surface area contributed by atoms with Crippen LogP contribution < -0.4 is 5.32 Å². The average molecular weight is 295 g/mol. The largest absolute Gasteiger partial charge is 0.444 e. The Kier molecular flexibility index (Phi) is 7.03. The van der Waals surface area contributed by atoms with Crippen LogP contribution in [0.15, 0.2) is 0 Å². The molecule has 4 atom stereocenters. The highest BCUT2D eigenvalue weighted by Crippen LogP contribution is 2.07. The Morgan fingerprint density at radius 3 is 2.05 bits per heavy atom. The zero-order valence-electron chi connectivity index (χ0n) is 11.5. The van der Waals surface area contributed by atoms with Gasteiger partial charge in [-0.2, -0.15) is 0 Å². The minimum Gasteiger partial charge on any atom is -0.444 e. The van der Waals surface area contributed by atoms with E-state index in [9.17, 15) is 24.9 Å². The van der Waals surface area contributed by atoms with Crippen molar-refractivity contribution in [1.82, 2.24) is 5.32 Å². The van der Waals surface area contributed by atoms with Crippen molar-refractivity contribution in [3.8, 4) is 0 Å². The summed E-state index contributed by atoms with van der Waals surface area (Å²) in [6, 6.07) is 0. The Labute approximate surface area is 115 Å². The van der Waals surface area contributed by atoms with Gasteiger partial charge >= 0.3 is 6.09 Å². The fraction of sp³-hybridized carbons (Fsp3) is 0.818. The van der Waals surface area contributed by atoms with Crippen molar-refractivity contribution in [2.45, 2.75) is 50.9 Å². The normalized spacial score (nSPS) is 17.8. The topological polar surface area (TPSA) is 157 Å². The Balaban J connectivity index is 4.51. The Hall–Kier alpha value is -1.26. The third kappa shape index (κ3) is 6.26. The van der Waals surface area contributed by atoms with E-state index in [1.165, 1.54) is 0 Å².